The second kappa shape index (κ2) is 7.49. The van der Waals surface area contributed by atoms with Crippen LogP contribution in [0.5, 0.6) is 5.75 Å². The highest BCUT2D eigenvalue weighted by Crippen LogP contribution is 2.60. The van der Waals surface area contributed by atoms with Crippen LogP contribution in [0.2, 0.25) is 0 Å². The number of methoxy groups -OCH3 is 1. The Morgan fingerprint density at radius 2 is 1.68 bits per heavy atom. The molecule has 0 radical (unpaired) electrons. The van der Waals surface area contributed by atoms with E-state index in [2.05, 4.69) is 0 Å². The van der Waals surface area contributed by atoms with E-state index in [-0.39, 0.29) is 0 Å². The Hall–Kier alpha value is -1.09. The monoisotopic (exact) mass is 284 g/mol. The molecule has 0 heterocycles. The number of benzene rings is 1. The third-order valence-corrected chi connectivity index (χ3v) is 4.86. The summed E-state index contributed by atoms with van der Waals surface area (Å²) < 4.78 is 28.6. The van der Waals surface area contributed by atoms with Crippen LogP contribution in [-0.2, 0) is 13.6 Å². The Morgan fingerprint density at radius 3 is 2.05 bits per heavy atom. The van der Waals surface area contributed by atoms with Crippen LogP contribution >= 0.6 is 7.60 Å². The third-order valence-electron chi connectivity index (χ3n) is 2.55. The molecule has 0 aliphatic carbocycles. The molecule has 106 valence electrons. The normalized spacial score (nSPS) is 12.5. The lowest BCUT2D eigenvalue weighted by Gasteiger charge is -2.20. The summed E-state index contributed by atoms with van der Waals surface area (Å²) in [4.78, 5) is 0. The first-order chi connectivity index (χ1) is 9.11. The van der Waals surface area contributed by atoms with E-state index < -0.39 is 7.60 Å². The van der Waals surface area contributed by atoms with E-state index in [0.29, 0.717) is 18.5 Å². The van der Waals surface area contributed by atoms with Gasteiger partial charge in [-0.2, -0.15) is 0 Å². The lowest BCUT2D eigenvalue weighted by Crippen LogP contribution is -1.98. The van der Waals surface area contributed by atoms with Gasteiger partial charge >= 0.3 is 7.60 Å². The first kappa shape index (κ1) is 16.0. The van der Waals surface area contributed by atoms with E-state index in [9.17, 15) is 4.57 Å². The van der Waals surface area contributed by atoms with Crippen LogP contribution in [-0.4, -0.2) is 20.3 Å². The standard InChI is InChI=1S/C14H21O4P/c1-5-14(19(15,17-6-2)18-7-3)12-8-10-13(16-4)11-9-12/h5,8-11H,6-7H2,1-4H3/b14-5+. The van der Waals surface area contributed by atoms with Crippen LogP contribution in [0.25, 0.3) is 5.31 Å². The summed E-state index contributed by atoms with van der Waals surface area (Å²) in [6.07, 6.45) is 1.77. The molecular weight excluding hydrogens is 263 g/mol. The second-order valence-corrected chi connectivity index (χ2v) is 5.73. The molecule has 0 fully saturated rings. The molecule has 1 aromatic carbocycles. The first-order valence-corrected chi connectivity index (χ1v) is 7.86. The Morgan fingerprint density at radius 1 is 1.16 bits per heavy atom. The lowest BCUT2D eigenvalue weighted by atomic mass is 10.2. The summed E-state index contributed by atoms with van der Waals surface area (Å²) >= 11 is 0. The minimum atomic E-state index is -3.25. The number of ether oxygens (including phenoxy) is 1. The van der Waals surface area contributed by atoms with Crippen LogP contribution in [0.1, 0.15) is 26.3 Å². The Bertz CT molecular complexity index is 455. The molecule has 1 aromatic rings. The molecule has 0 saturated heterocycles. The quantitative estimate of drug-likeness (QED) is 0.699. The molecule has 0 unspecified atom stereocenters. The van der Waals surface area contributed by atoms with Crippen molar-refractivity contribution in [2.24, 2.45) is 0 Å². The highest BCUT2D eigenvalue weighted by atomic mass is 31.2. The van der Waals surface area contributed by atoms with Gasteiger partial charge in [0.25, 0.3) is 0 Å². The zero-order valence-corrected chi connectivity index (χ0v) is 12.8. The zero-order valence-electron chi connectivity index (χ0n) is 11.9. The summed E-state index contributed by atoms with van der Waals surface area (Å²) in [6, 6.07) is 7.33. The largest absolute Gasteiger partial charge is 0.497 e. The van der Waals surface area contributed by atoms with E-state index in [1.165, 1.54) is 0 Å². The third kappa shape index (κ3) is 3.93. The summed E-state index contributed by atoms with van der Waals surface area (Å²) in [7, 11) is -1.65. The van der Waals surface area contributed by atoms with Crippen LogP contribution in [0.4, 0.5) is 0 Å². The van der Waals surface area contributed by atoms with Crippen molar-refractivity contribution in [1.82, 2.24) is 0 Å². The van der Waals surface area contributed by atoms with E-state index in [1.807, 2.05) is 31.2 Å². The number of allylic oxidation sites excluding steroid dienone is 1. The average Bonchev–Trinajstić information content (AvgIpc) is 2.40. The molecule has 0 bridgehead atoms. The van der Waals surface area contributed by atoms with E-state index in [1.54, 1.807) is 27.0 Å². The predicted octanol–water partition coefficient (Wildman–Crippen LogP) is 4.32. The molecular formula is C14H21O4P. The highest BCUT2D eigenvalue weighted by Gasteiger charge is 2.30. The molecule has 0 amide bonds. The van der Waals surface area contributed by atoms with E-state index in [0.717, 1.165) is 11.3 Å². The van der Waals surface area contributed by atoms with Gasteiger partial charge in [0.05, 0.1) is 25.6 Å². The van der Waals surface area contributed by atoms with Crippen LogP contribution in [0, 0.1) is 0 Å². The molecule has 0 N–H and O–H groups in total. The molecule has 4 nitrogen and oxygen atoms in total. The van der Waals surface area contributed by atoms with Gasteiger partial charge in [-0.25, -0.2) is 0 Å². The summed E-state index contributed by atoms with van der Waals surface area (Å²) in [5.41, 5.74) is 0.813. The first-order valence-electron chi connectivity index (χ1n) is 6.31. The minimum Gasteiger partial charge on any atom is -0.497 e. The SMILES string of the molecule is C/C=C(\c1ccc(OC)cc1)P(=O)(OCC)OCC. The van der Waals surface area contributed by atoms with Crippen molar-refractivity contribution < 1.29 is 18.3 Å². The van der Waals surface area contributed by atoms with Gasteiger partial charge in [0.1, 0.15) is 5.75 Å². The molecule has 0 aromatic heterocycles. The fraction of sp³-hybridized carbons (Fsp3) is 0.429. The van der Waals surface area contributed by atoms with Crippen molar-refractivity contribution in [2.75, 3.05) is 20.3 Å². The summed E-state index contributed by atoms with van der Waals surface area (Å²) in [5.74, 6) is 0.752. The summed E-state index contributed by atoms with van der Waals surface area (Å²) in [6.45, 7) is 6.10. The lowest BCUT2D eigenvalue weighted by molar-refractivity contribution is 0.230. The van der Waals surface area contributed by atoms with Gasteiger partial charge in [-0.05, 0) is 38.5 Å². The summed E-state index contributed by atoms with van der Waals surface area (Å²) in [5, 5.41) is 0.582. The van der Waals surface area contributed by atoms with Gasteiger partial charge in [0, 0.05) is 0 Å². The average molecular weight is 284 g/mol. The van der Waals surface area contributed by atoms with Gasteiger partial charge in [-0.3, -0.25) is 4.57 Å². The molecule has 0 atom stereocenters. The molecule has 0 spiro atoms. The maximum absolute atomic E-state index is 12.8. The molecule has 19 heavy (non-hydrogen) atoms. The molecule has 0 aliphatic heterocycles. The van der Waals surface area contributed by atoms with Crippen molar-refractivity contribution in [1.29, 1.82) is 0 Å². The minimum absolute atomic E-state index is 0.338. The van der Waals surface area contributed by atoms with Crippen LogP contribution in [0.3, 0.4) is 0 Å². The van der Waals surface area contributed by atoms with Gasteiger partial charge < -0.3 is 13.8 Å². The fourth-order valence-electron chi connectivity index (χ4n) is 1.76. The van der Waals surface area contributed by atoms with Crippen molar-refractivity contribution in [3.05, 3.63) is 35.9 Å². The van der Waals surface area contributed by atoms with E-state index in [4.69, 9.17) is 13.8 Å². The maximum Gasteiger partial charge on any atom is 0.361 e. The Kier molecular flexibility index (Phi) is 6.29. The number of hydrogen-bond acceptors (Lipinski definition) is 4. The predicted molar refractivity (Wildman–Crippen MR) is 77.5 cm³/mol. The van der Waals surface area contributed by atoms with Gasteiger partial charge in [-0.1, -0.05) is 18.2 Å². The van der Waals surface area contributed by atoms with Crippen LogP contribution in [0.15, 0.2) is 30.3 Å². The fourth-order valence-corrected chi connectivity index (χ4v) is 3.58. The Labute approximate surface area is 114 Å². The van der Waals surface area contributed by atoms with E-state index >= 15 is 0 Å². The molecule has 0 aliphatic rings. The topological polar surface area (TPSA) is 44.8 Å². The second-order valence-electron chi connectivity index (χ2n) is 3.74. The van der Waals surface area contributed by atoms with Gasteiger partial charge in [0.2, 0.25) is 0 Å². The van der Waals surface area contributed by atoms with Crippen molar-refractivity contribution in [3.8, 4) is 5.75 Å². The number of rotatable bonds is 7. The molecule has 5 heteroatoms. The zero-order chi connectivity index (χ0) is 14.3. The van der Waals surface area contributed by atoms with Gasteiger partial charge in [-0.15, -0.1) is 0 Å². The number of hydrogen-bond donors (Lipinski definition) is 0. The Balaban J connectivity index is 3.13. The molecule has 1 rings (SSSR count). The highest BCUT2D eigenvalue weighted by molar-refractivity contribution is 7.65. The van der Waals surface area contributed by atoms with Crippen molar-refractivity contribution >= 4 is 12.9 Å². The van der Waals surface area contributed by atoms with Crippen molar-refractivity contribution in [2.45, 2.75) is 20.8 Å². The van der Waals surface area contributed by atoms with Crippen molar-refractivity contribution in [3.63, 3.8) is 0 Å². The van der Waals surface area contributed by atoms with Gasteiger partial charge in [0.15, 0.2) is 0 Å². The molecule has 0 saturated carbocycles. The smallest absolute Gasteiger partial charge is 0.361 e. The maximum atomic E-state index is 12.8. The van der Waals surface area contributed by atoms with Crippen LogP contribution < -0.4 is 4.74 Å².